The second kappa shape index (κ2) is 3.77. The van der Waals surface area contributed by atoms with Gasteiger partial charge >= 0.3 is 0 Å². The highest BCUT2D eigenvalue weighted by atomic mass is 16.1. The van der Waals surface area contributed by atoms with Crippen molar-refractivity contribution in [3.05, 3.63) is 24.3 Å². The predicted molar refractivity (Wildman–Crippen MR) is 52.2 cm³/mol. The Morgan fingerprint density at radius 2 is 1.54 bits per heavy atom. The molecule has 2 nitrogen and oxygen atoms in total. The Kier molecular flexibility index (Phi) is 2.48. The molecule has 2 heteroatoms. The van der Waals surface area contributed by atoms with Crippen LogP contribution in [0.15, 0.2) is 24.3 Å². The van der Waals surface area contributed by atoms with Gasteiger partial charge in [-0.15, -0.1) is 0 Å². The maximum absolute atomic E-state index is 11.6. The maximum atomic E-state index is 11.6. The van der Waals surface area contributed by atoms with Crippen molar-refractivity contribution in [1.82, 2.24) is 5.32 Å². The fourth-order valence-corrected chi connectivity index (χ4v) is 1.89. The summed E-state index contributed by atoms with van der Waals surface area (Å²) in [5, 5.41) is 3.08. The Balaban J connectivity index is 1.77. The molecule has 0 saturated carbocycles. The number of amides is 1. The van der Waals surface area contributed by atoms with Crippen LogP contribution in [0.5, 0.6) is 0 Å². The van der Waals surface area contributed by atoms with E-state index in [9.17, 15) is 4.79 Å². The number of rotatable bonds is 2. The zero-order valence-corrected chi connectivity index (χ0v) is 7.70. The number of carbonyl (C=O) groups is 1. The van der Waals surface area contributed by atoms with Crippen molar-refractivity contribution in [1.29, 1.82) is 0 Å². The van der Waals surface area contributed by atoms with Crippen molar-refractivity contribution < 1.29 is 4.79 Å². The topological polar surface area (TPSA) is 29.1 Å². The summed E-state index contributed by atoms with van der Waals surface area (Å²) in [6.07, 6.45) is 12.3. The first-order chi connectivity index (χ1) is 6.36. The third-order valence-corrected chi connectivity index (χ3v) is 2.73. The van der Waals surface area contributed by atoms with Gasteiger partial charge in [-0.1, -0.05) is 24.3 Å². The van der Waals surface area contributed by atoms with Gasteiger partial charge < -0.3 is 5.32 Å². The Hall–Kier alpha value is -1.05. The third-order valence-electron chi connectivity index (χ3n) is 2.73. The van der Waals surface area contributed by atoms with Gasteiger partial charge in [0.25, 0.3) is 0 Å². The minimum Gasteiger partial charge on any atom is -0.352 e. The molecule has 0 atom stereocenters. The fourth-order valence-electron chi connectivity index (χ4n) is 1.89. The summed E-state index contributed by atoms with van der Waals surface area (Å²) >= 11 is 0. The van der Waals surface area contributed by atoms with Gasteiger partial charge in [0.15, 0.2) is 0 Å². The highest BCUT2D eigenvalue weighted by Crippen LogP contribution is 2.19. The van der Waals surface area contributed by atoms with Crippen molar-refractivity contribution in [2.75, 3.05) is 0 Å². The normalized spacial score (nSPS) is 22.8. The minimum absolute atomic E-state index is 0.209. The van der Waals surface area contributed by atoms with Crippen LogP contribution < -0.4 is 5.32 Å². The molecule has 0 aromatic rings. The minimum atomic E-state index is 0.209. The van der Waals surface area contributed by atoms with Crippen LogP contribution in [0.3, 0.4) is 0 Å². The van der Waals surface area contributed by atoms with Crippen molar-refractivity contribution in [2.24, 2.45) is 5.92 Å². The Labute approximate surface area is 78.7 Å². The van der Waals surface area contributed by atoms with Crippen LogP contribution in [0.1, 0.15) is 25.7 Å². The van der Waals surface area contributed by atoms with Gasteiger partial charge in [-0.25, -0.2) is 0 Å². The van der Waals surface area contributed by atoms with Crippen LogP contribution in [-0.4, -0.2) is 11.9 Å². The first kappa shape index (κ1) is 8.54. The summed E-state index contributed by atoms with van der Waals surface area (Å²) in [6, 6.07) is 0.369. The van der Waals surface area contributed by atoms with E-state index in [4.69, 9.17) is 0 Å². The van der Waals surface area contributed by atoms with Crippen LogP contribution in [-0.2, 0) is 4.79 Å². The van der Waals surface area contributed by atoms with Crippen LogP contribution in [0, 0.1) is 5.92 Å². The molecule has 1 amide bonds. The van der Waals surface area contributed by atoms with E-state index in [1.807, 2.05) is 0 Å². The molecule has 1 N–H and O–H groups in total. The average molecular weight is 177 g/mol. The van der Waals surface area contributed by atoms with Crippen molar-refractivity contribution in [3.63, 3.8) is 0 Å². The monoisotopic (exact) mass is 177 g/mol. The molecule has 13 heavy (non-hydrogen) atoms. The van der Waals surface area contributed by atoms with Crippen LogP contribution in [0.2, 0.25) is 0 Å². The highest BCUT2D eigenvalue weighted by Gasteiger charge is 2.21. The lowest BCUT2D eigenvalue weighted by molar-refractivity contribution is -0.125. The molecule has 2 aliphatic carbocycles. The van der Waals surface area contributed by atoms with Gasteiger partial charge in [0.1, 0.15) is 0 Å². The summed E-state index contributed by atoms with van der Waals surface area (Å²) < 4.78 is 0. The summed E-state index contributed by atoms with van der Waals surface area (Å²) in [6.45, 7) is 0. The standard InChI is InChI=1S/C11H15NO/c13-11(9-5-1-2-6-9)12-10-7-3-4-8-10/h1-4,9-10H,5-8H2,(H,12,13). The molecule has 2 aliphatic rings. The second-order valence-electron chi connectivity index (χ2n) is 3.79. The van der Waals surface area contributed by atoms with Gasteiger partial charge in [0.2, 0.25) is 5.91 Å². The van der Waals surface area contributed by atoms with E-state index in [0.717, 1.165) is 25.7 Å². The summed E-state index contributed by atoms with van der Waals surface area (Å²) in [4.78, 5) is 11.6. The molecule has 0 heterocycles. The van der Waals surface area contributed by atoms with Crippen LogP contribution in [0.4, 0.5) is 0 Å². The first-order valence-electron chi connectivity index (χ1n) is 4.96. The van der Waals surface area contributed by atoms with Crippen LogP contribution >= 0.6 is 0 Å². The molecule has 70 valence electrons. The SMILES string of the molecule is O=C(NC1CC=CC1)C1CC=CC1. The van der Waals surface area contributed by atoms with E-state index in [1.165, 1.54) is 0 Å². The third kappa shape index (κ3) is 2.00. The predicted octanol–water partition coefficient (Wildman–Crippen LogP) is 1.79. The lowest BCUT2D eigenvalue weighted by Crippen LogP contribution is -2.36. The van der Waals surface area contributed by atoms with E-state index in [-0.39, 0.29) is 11.8 Å². The lowest BCUT2D eigenvalue weighted by Gasteiger charge is -2.15. The number of nitrogens with one attached hydrogen (secondary N) is 1. The quantitative estimate of drug-likeness (QED) is 0.640. The molecule has 0 aromatic carbocycles. The second-order valence-corrected chi connectivity index (χ2v) is 3.79. The Bertz CT molecular complexity index is 239. The fraction of sp³-hybridized carbons (Fsp3) is 0.545. The summed E-state index contributed by atoms with van der Waals surface area (Å²) in [7, 11) is 0. The average Bonchev–Trinajstić information content (AvgIpc) is 2.74. The molecule has 2 rings (SSSR count). The molecule has 0 aromatic heterocycles. The Morgan fingerprint density at radius 1 is 1.00 bits per heavy atom. The number of hydrogen-bond donors (Lipinski definition) is 1. The van der Waals surface area contributed by atoms with Crippen molar-refractivity contribution in [2.45, 2.75) is 31.7 Å². The molecule has 0 unspecified atom stereocenters. The van der Waals surface area contributed by atoms with E-state index in [1.54, 1.807) is 0 Å². The lowest BCUT2D eigenvalue weighted by atomic mass is 10.1. The molecule has 0 saturated heterocycles. The largest absolute Gasteiger partial charge is 0.352 e. The molecule has 0 bridgehead atoms. The molecule has 0 aliphatic heterocycles. The summed E-state index contributed by atoms with van der Waals surface area (Å²) in [5.74, 6) is 0.444. The molecular formula is C11H15NO. The van der Waals surface area contributed by atoms with Gasteiger partial charge in [0, 0.05) is 12.0 Å². The van der Waals surface area contributed by atoms with Crippen molar-refractivity contribution >= 4 is 5.91 Å². The van der Waals surface area contributed by atoms with Gasteiger partial charge in [-0.05, 0) is 25.7 Å². The number of carbonyl (C=O) groups excluding carboxylic acids is 1. The van der Waals surface area contributed by atoms with Crippen LogP contribution in [0.25, 0.3) is 0 Å². The van der Waals surface area contributed by atoms with Gasteiger partial charge in [0.05, 0.1) is 0 Å². The van der Waals surface area contributed by atoms with E-state index < -0.39 is 0 Å². The number of hydrogen-bond acceptors (Lipinski definition) is 1. The highest BCUT2D eigenvalue weighted by molar-refractivity contribution is 5.79. The Morgan fingerprint density at radius 3 is 2.15 bits per heavy atom. The maximum Gasteiger partial charge on any atom is 0.223 e. The molecule has 0 fully saturated rings. The van der Waals surface area contributed by atoms with Gasteiger partial charge in [-0.2, -0.15) is 0 Å². The van der Waals surface area contributed by atoms with Gasteiger partial charge in [-0.3, -0.25) is 4.79 Å². The molecule has 0 radical (unpaired) electrons. The first-order valence-corrected chi connectivity index (χ1v) is 4.96. The smallest absolute Gasteiger partial charge is 0.223 e. The number of allylic oxidation sites excluding steroid dienone is 2. The van der Waals surface area contributed by atoms with Crippen molar-refractivity contribution in [3.8, 4) is 0 Å². The zero-order chi connectivity index (χ0) is 9.10. The summed E-state index contributed by atoms with van der Waals surface area (Å²) in [5.41, 5.74) is 0. The van der Waals surface area contributed by atoms with E-state index in [2.05, 4.69) is 29.6 Å². The van der Waals surface area contributed by atoms with E-state index in [0.29, 0.717) is 6.04 Å². The van der Waals surface area contributed by atoms with E-state index >= 15 is 0 Å². The molecule has 0 spiro atoms. The molecular weight excluding hydrogens is 162 g/mol. The zero-order valence-electron chi connectivity index (χ0n) is 7.70.